The van der Waals surface area contributed by atoms with Gasteiger partial charge in [-0.3, -0.25) is 9.36 Å². The Morgan fingerprint density at radius 2 is 2.19 bits per heavy atom. The minimum Gasteiger partial charge on any atom is -0.394 e. The third-order valence-corrected chi connectivity index (χ3v) is 3.57. The number of nitrogens with one attached hydrogen (secondary N) is 1. The first-order valence-corrected chi connectivity index (χ1v) is 6.83. The highest BCUT2D eigenvalue weighted by atomic mass is 79.9. The number of rotatable bonds is 3. The van der Waals surface area contributed by atoms with Gasteiger partial charge in [0.2, 0.25) is 5.91 Å². The maximum absolute atomic E-state index is 12.0. The summed E-state index contributed by atoms with van der Waals surface area (Å²) in [6, 6.07) is 0. The highest BCUT2D eigenvalue weighted by Gasteiger charge is 2.43. The van der Waals surface area contributed by atoms with E-state index in [1.165, 1.54) is 13.1 Å². The van der Waals surface area contributed by atoms with Crippen molar-refractivity contribution >= 4 is 27.7 Å². The number of amides is 1. The molecule has 0 radical (unpaired) electrons. The molecule has 4 N–H and O–H groups in total. The number of ether oxygens (including phenoxy) is 1. The molecule has 1 aromatic rings. The van der Waals surface area contributed by atoms with E-state index >= 15 is 0 Å². The first kappa shape index (κ1) is 16.0. The Labute approximate surface area is 127 Å². The van der Waals surface area contributed by atoms with Gasteiger partial charge >= 0.3 is 5.69 Å². The number of carbonyl (C=O) groups excluding carboxylic acids is 1. The predicted molar refractivity (Wildman–Crippen MR) is 73.5 cm³/mol. The van der Waals surface area contributed by atoms with E-state index < -0.39 is 42.7 Å². The summed E-state index contributed by atoms with van der Waals surface area (Å²) in [5.41, 5.74) is -0.781. The van der Waals surface area contributed by atoms with Crippen molar-refractivity contribution in [2.45, 2.75) is 31.5 Å². The first-order valence-electron chi connectivity index (χ1n) is 6.04. The number of hydrogen-bond acceptors (Lipinski definition) is 7. The summed E-state index contributed by atoms with van der Waals surface area (Å²) < 4.78 is 6.51. The van der Waals surface area contributed by atoms with Crippen molar-refractivity contribution in [3.63, 3.8) is 0 Å². The van der Waals surface area contributed by atoms with Crippen molar-refractivity contribution in [3.05, 3.63) is 21.2 Å². The molecule has 4 atom stereocenters. The molecule has 0 unspecified atom stereocenters. The second-order valence-corrected chi connectivity index (χ2v) is 5.39. The van der Waals surface area contributed by atoms with Gasteiger partial charge in [0.1, 0.15) is 18.3 Å². The van der Waals surface area contributed by atoms with Crippen LogP contribution in [0.1, 0.15) is 13.2 Å². The Kier molecular flexibility index (Phi) is 4.74. The molecular formula is C11H14BrN3O6. The molecule has 10 heteroatoms. The monoisotopic (exact) mass is 363 g/mol. The summed E-state index contributed by atoms with van der Waals surface area (Å²) >= 11 is 3.14. The Morgan fingerprint density at radius 1 is 1.52 bits per heavy atom. The van der Waals surface area contributed by atoms with Crippen molar-refractivity contribution in [2.24, 2.45) is 0 Å². The fourth-order valence-electron chi connectivity index (χ4n) is 1.99. The van der Waals surface area contributed by atoms with Gasteiger partial charge in [-0.05, 0) is 15.9 Å². The Bertz CT molecular complexity index is 606. The lowest BCUT2D eigenvalue weighted by molar-refractivity contribution is -0.114. The van der Waals surface area contributed by atoms with Crippen LogP contribution < -0.4 is 11.0 Å². The first-order chi connectivity index (χ1) is 9.85. The molecule has 116 valence electrons. The maximum Gasteiger partial charge on any atom is 0.351 e. The third-order valence-electron chi connectivity index (χ3n) is 2.99. The van der Waals surface area contributed by atoms with Gasteiger partial charge in [0.05, 0.1) is 11.1 Å². The molecule has 2 rings (SSSR count). The van der Waals surface area contributed by atoms with E-state index in [0.29, 0.717) is 4.47 Å². The SMILES string of the molecule is CC(=O)Nc1nc(=O)n([C@@H]2O[C@H](CO)[C@@H](O)[C@H]2O)cc1Br. The highest BCUT2D eigenvalue weighted by Crippen LogP contribution is 2.29. The fourth-order valence-corrected chi connectivity index (χ4v) is 2.40. The number of carbonyl (C=O) groups is 1. The Balaban J connectivity index is 2.35. The summed E-state index contributed by atoms with van der Waals surface area (Å²) in [5.74, 6) is -0.358. The van der Waals surface area contributed by atoms with Gasteiger partial charge in [0.25, 0.3) is 0 Å². The lowest BCUT2D eigenvalue weighted by Gasteiger charge is -2.18. The smallest absolute Gasteiger partial charge is 0.351 e. The molecule has 1 aliphatic rings. The second-order valence-electron chi connectivity index (χ2n) is 4.54. The van der Waals surface area contributed by atoms with E-state index in [2.05, 4.69) is 26.2 Å². The number of aliphatic hydroxyl groups excluding tert-OH is 3. The molecule has 2 heterocycles. The van der Waals surface area contributed by atoms with Crippen LogP contribution in [0.5, 0.6) is 0 Å². The van der Waals surface area contributed by atoms with Crippen molar-refractivity contribution in [1.29, 1.82) is 0 Å². The lowest BCUT2D eigenvalue weighted by Crippen LogP contribution is -2.36. The minimum absolute atomic E-state index is 0.0375. The van der Waals surface area contributed by atoms with Crippen molar-refractivity contribution in [1.82, 2.24) is 9.55 Å². The van der Waals surface area contributed by atoms with Crippen LogP contribution in [-0.4, -0.2) is 55.7 Å². The molecule has 0 aliphatic carbocycles. The van der Waals surface area contributed by atoms with Crippen LogP contribution in [0.15, 0.2) is 15.5 Å². The molecule has 1 aromatic heterocycles. The van der Waals surface area contributed by atoms with E-state index in [1.807, 2.05) is 0 Å². The summed E-state index contributed by atoms with van der Waals surface area (Å²) in [6.45, 7) is 0.772. The molecule has 1 fully saturated rings. The molecule has 1 amide bonds. The van der Waals surface area contributed by atoms with Crippen molar-refractivity contribution in [2.75, 3.05) is 11.9 Å². The van der Waals surface area contributed by atoms with Gasteiger partial charge in [-0.15, -0.1) is 0 Å². The van der Waals surface area contributed by atoms with Gasteiger partial charge in [0.15, 0.2) is 12.0 Å². The molecule has 0 spiro atoms. The van der Waals surface area contributed by atoms with Crippen LogP contribution in [0.2, 0.25) is 0 Å². The number of anilines is 1. The third kappa shape index (κ3) is 3.14. The predicted octanol–water partition coefficient (Wildman–Crippen LogP) is -1.42. The van der Waals surface area contributed by atoms with Crippen LogP contribution >= 0.6 is 15.9 Å². The van der Waals surface area contributed by atoms with Gasteiger partial charge in [0, 0.05) is 13.1 Å². The normalized spacial score (nSPS) is 28.6. The van der Waals surface area contributed by atoms with E-state index in [4.69, 9.17) is 9.84 Å². The average Bonchev–Trinajstić information content (AvgIpc) is 2.69. The van der Waals surface area contributed by atoms with Gasteiger partial charge in [-0.25, -0.2) is 4.79 Å². The summed E-state index contributed by atoms with van der Waals surface area (Å²) in [5, 5.41) is 31.0. The van der Waals surface area contributed by atoms with Crippen LogP contribution in [0.25, 0.3) is 0 Å². The average molecular weight is 364 g/mol. The van der Waals surface area contributed by atoms with Crippen molar-refractivity contribution in [3.8, 4) is 0 Å². The number of halogens is 1. The standard InChI is InChI=1S/C11H14BrN3O6/c1-4(17)13-9-5(12)2-15(11(20)14-9)10-8(19)7(18)6(3-16)21-10/h2,6-8,10,16,18-19H,3H2,1H3,(H,13,14,17,20)/t6-,7-,8-,10-/m1/s1. The van der Waals surface area contributed by atoms with Gasteiger partial charge in [-0.2, -0.15) is 4.98 Å². The molecule has 0 saturated carbocycles. The maximum atomic E-state index is 12.0. The summed E-state index contributed by atoms with van der Waals surface area (Å²) in [4.78, 5) is 26.6. The van der Waals surface area contributed by atoms with E-state index in [-0.39, 0.29) is 5.82 Å². The second kappa shape index (κ2) is 6.20. The number of aromatic nitrogens is 2. The van der Waals surface area contributed by atoms with E-state index in [9.17, 15) is 19.8 Å². The molecule has 0 bridgehead atoms. The topological polar surface area (TPSA) is 134 Å². The van der Waals surface area contributed by atoms with Crippen LogP contribution in [0.4, 0.5) is 5.82 Å². The highest BCUT2D eigenvalue weighted by molar-refractivity contribution is 9.10. The molecule has 1 aliphatic heterocycles. The van der Waals surface area contributed by atoms with E-state index in [0.717, 1.165) is 4.57 Å². The lowest BCUT2D eigenvalue weighted by atomic mass is 10.1. The Morgan fingerprint density at radius 3 is 2.71 bits per heavy atom. The zero-order valence-corrected chi connectivity index (χ0v) is 12.5. The molecule has 0 aromatic carbocycles. The quantitative estimate of drug-likeness (QED) is 0.517. The van der Waals surface area contributed by atoms with Crippen molar-refractivity contribution < 1.29 is 24.9 Å². The molecular weight excluding hydrogens is 350 g/mol. The van der Waals surface area contributed by atoms with Crippen LogP contribution in [0, 0.1) is 0 Å². The molecule has 1 saturated heterocycles. The van der Waals surface area contributed by atoms with E-state index in [1.54, 1.807) is 0 Å². The zero-order chi connectivity index (χ0) is 15.7. The number of nitrogens with zero attached hydrogens (tertiary/aromatic N) is 2. The number of hydrogen-bond donors (Lipinski definition) is 4. The zero-order valence-electron chi connectivity index (χ0n) is 10.9. The number of aliphatic hydroxyl groups is 3. The fraction of sp³-hybridized carbons (Fsp3) is 0.545. The Hall–Kier alpha value is -1.33. The molecule has 21 heavy (non-hydrogen) atoms. The minimum atomic E-state index is -1.39. The molecule has 9 nitrogen and oxygen atoms in total. The summed E-state index contributed by atoms with van der Waals surface area (Å²) in [6.07, 6.45) is -3.60. The largest absolute Gasteiger partial charge is 0.394 e. The van der Waals surface area contributed by atoms with Crippen LogP contribution in [-0.2, 0) is 9.53 Å². The van der Waals surface area contributed by atoms with Gasteiger partial charge in [-0.1, -0.05) is 0 Å². The summed E-state index contributed by atoms with van der Waals surface area (Å²) in [7, 11) is 0. The van der Waals surface area contributed by atoms with Crippen LogP contribution in [0.3, 0.4) is 0 Å². The van der Waals surface area contributed by atoms with Gasteiger partial charge < -0.3 is 25.4 Å².